The number of aliphatic hydroxyl groups excluding tert-OH is 3. The molecule has 8 aliphatic carbocycles. The summed E-state index contributed by atoms with van der Waals surface area (Å²) in [6, 6.07) is 0. The van der Waals surface area contributed by atoms with Crippen LogP contribution in [0.2, 0.25) is 0 Å². The fourth-order valence-electron chi connectivity index (χ4n) is 18.6. The van der Waals surface area contributed by atoms with Gasteiger partial charge in [0.05, 0.1) is 29.5 Å². The Balaban J connectivity index is 0.000000172. The van der Waals surface area contributed by atoms with Crippen molar-refractivity contribution in [3.63, 3.8) is 0 Å². The van der Waals surface area contributed by atoms with Gasteiger partial charge < -0.3 is 30.3 Å². The van der Waals surface area contributed by atoms with Crippen LogP contribution in [-0.2, 0) is 4.74 Å². The maximum atomic E-state index is 11.6. The van der Waals surface area contributed by atoms with Crippen molar-refractivity contribution < 1.29 is 30.3 Å². The van der Waals surface area contributed by atoms with Crippen molar-refractivity contribution in [3.8, 4) is 0 Å². The summed E-state index contributed by atoms with van der Waals surface area (Å²) >= 11 is 0. The van der Waals surface area contributed by atoms with E-state index in [1.165, 1.54) is 116 Å². The van der Waals surface area contributed by atoms with E-state index < -0.39 is 11.2 Å². The third kappa shape index (κ3) is 10.1. The molecular formula is C58H102O6. The molecule has 0 aromatic rings. The Morgan fingerprint density at radius 2 is 1.08 bits per heavy atom. The van der Waals surface area contributed by atoms with E-state index in [0.29, 0.717) is 40.4 Å². The van der Waals surface area contributed by atoms with Gasteiger partial charge in [0.1, 0.15) is 0 Å². The van der Waals surface area contributed by atoms with Crippen LogP contribution in [-0.4, -0.2) is 68.3 Å². The third-order valence-electron chi connectivity index (χ3n) is 22.1. The molecule has 6 unspecified atom stereocenters. The number of aliphatic hydroxyl groups is 5. The van der Waals surface area contributed by atoms with Gasteiger partial charge in [-0.2, -0.15) is 0 Å². The Labute approximate surface area is 393 Å². The molecule has 6 heteroatoms. The first-order valence-corrected chi connectivity index (χ1v) is 28.1. The van der Waals surface area contributed by atoms with Crippen molar-refractivity contribution >= 4 is 0 Å². The van der Waals surface area contributed by atoms with Crippen molar-refractivity contribution in [2.75, 3.05) is 13.2 Å². The van der Waals surface area contributed by atoms with Gasteiger partial charge in [0.25, 0.3) is 0 Å². The lowest BCUT2D eigenvalue weighted by atomic mass is 9.43. The topological polar surface area (TPSA) is 110 Å². The van der Waals surface area contributed by atoms with E-state index in [0.717, 1.165) is 95.2 Å². The molecule has 9 rings (SSSR count). The smallest absolute Gasteiger partial charge is 0.0653 e. The number of rotatable bonds is 12. The molecule has 5 N–H and O–H groups in total. The van der Waals surface area contributed by atoms with Crippen LogP contribution in [0.1, 0.15) is 235 Å². The van der Waals surface area contributed by atoms with Gasteiger partial charge in [-0.3, -0.25) is 0 Å². The zero-order valence-electron chi connectivity index (χ0n) is 42.9. The van der Waals surface area contributed by atoms with E-state index in [1.54, 1.807) is 5.57 Å². The molecule has 370 valence electrons. The maximum Gasteiger partial charge on any atom is 0.0653 e. The van der Waals surface area contributed by atoms with Gasteiger partial charge in [-0.15, -0.1) is 0 Å². The molecule has 0 amide bonds. The Kier molecular flexibility index (Phi) is 16.7. The Bertz CT molecular complexity index is 1510. The molecule has 0 spiro atoms. The minimum atomic E-state index is -0.557. The summed E-state index contributed by atoms with van der Waals surface area (Å²) in [6.45, 7) is 20.8. The van der Waals surface area contributed by atoms with Crippen molar-refractivity contribution in [3.05, 3.63) is 11.6 Å². The Morgan fingerprint density at radius 1 is 0.562 bits per heavy atom. The highest BCUT2D eigenvalue weighted by Gasteiger charge is 2.64. The van der Waals surface area contributed by atoms with Crippen LogP contribution in [0.3, 0.4) is 0 Å². The average Bonchev–Trinajstić information content (AvgIpc) is 4.03. The van der Waals surface area contributed by atoms with Crippen molar-refractivity contribution in [1.29, 1.82) is 0 Å². The van der Waals surface area contributed by atoms with Crippen molar-refractivity contribution in [2.24, 2.45) is 74.9 Å². The standard InChI is InChI=1S/C27H48O3.C27H46O2.C4H8O/c1-5-6-7-8-13-27(4,30)24-10-9-20-19-17-23(29)22-16-18(28)11-14-25(22,2)21(19)12-15-26(20,24)3;1-5-6-7-8-15-27(4,29)24-12-11-22-21-10-9-19-18-20(28)13-16-25(19,2)23(21)14-17-26(22,24)3;1-2-4-5-3-1/h18-24,28-30H,5-17H2,1-4H3;9,20-24,28-29H,5-8,10-18H2,1-4H3;1-4H2/t18-,19?,20?,21?,22+,23-,24-,25+,26-,27-;20-,21?,22?,23?,24-,25-,26-,27-;/m00./s1. The zero-order chi connectivity index (χ0) is 46.1. The summed E-state index contributed by atoms with van der Waals surface area (Å²) in [5.74, 6) is 5.41. The molecule has 1 saturated heterocycles. The molecule has 9 aliphatic rings. The number of fused-ring (bicyclic) bond motifs is 10. The Morgan fingerprint density at radius 3 is 1.62 bits per heavy atom. The van der Waals surface area contributed by atoms with Crippen LogP contribution < -0.4 is 0 Å². The molecule has 7 saturated carbocycles. The van der Waals surface area contributed by atoms with Crippen molar-refractivity contribution in [2.45, 2.75) is 265 Å². The molecule has 8 fully saturated rings. The second kappa shape index (κ2) is 20.8. The van der Waals surface area contributed by atoms with Crippen LogP contribution in [0.15, 0.2) is 11.6 Å². The number of ether oxygens (including phenoxy) is 1. The van der Waals surface area contributed by atoms with E-state index in [-0.39, 0.29) is 35.1 Å². The summed E-state index contributed by atoms with van der Waals surface area (Å²) in [5.41, 5.74) is 1.54. The summed E-state index contributed by atoms with van der Waals surface area (Å²) in [5, 5.41) is 54.7. The second-order valence-corrected chi connectivity index (χ2v) is 25.9. The van der Waals surface area contributed by atoms with Crippen LogP contribution in [0.5, 0.6) is 0 Å². The van der Waals surface area contributed by atoms with E-state index in [9.17, 15) is 25.5 Å². The fraction of sp³-hybridized carbons (Fsp3) is 0.966. The summed E-state index contributed by atoms with van der Waals surface area (Å²) in [4.78, 5) is 0. The van der Waals surface area contributed by atoms with Crippen LogP contribution in [0, 0.1) is 74.9 Å². The van der Waals surface area contributed by atoms with Gasteiger partial charge in [-0.1, -0.05) is 105 Å². The second-order valence-electron chi connectivity index (χ2n) is 25.9. The highest BCUT2D eigenvalue weighted by Crippen LogP contribution is 2.70. The van der Waals surface area contributed by atoms with Gasteiger partial charge >= 0.3 is 0 Å². The van der Waals surface area contributed by atoms with Crippen LogP contribution in [0.4, 0.5) is 0 Å². The highest BCUT2D eigenvalue weighted by atomic mass is 16.5. The molecule has 64 heavy (non-hydrogen) atoms. The number of allylic oxidation sites excluding steroid dienone is 1. The SMILES string of the molecule is C1CCOC1.CCCCCC[C@](C)(O)[C@H]1CCC2C3CC=C4C[C@@H](O)CC[C@]4(C)C3CC[C@@]21C.CCCCCC[C@](C)(O)[C@H]1CCC2C3C[C@H](O)[C@H]4C[C@@H](O)CC[C@]4(C)C3CC[C@@]21C. The average molecular weight is 895 g/mol. The first-order chi connectivity index (χ1) is 30.4. The van der Waals surface area contributed by atoms with Crippen LogP contribution >= 0.6 is 0 Å². The largest absolute Gasteiger partial charge is 0.393 e. The fourth-order valence-corrected chi connectivity index (χ4v) is 18.6. The molecule has 0 bridgehead atoms. The highest BCUT2D eigenvalue weighted by molar-refractivity contribution is 5.26. The minimum Gasteiger partial charge on any atom is -0.393 e. The van der Waals surface area contributed by atoms with Gasteiger partial charge in [0.2, 0.25) is 0 Å². The van der Waals surface area contributed by atoms with Crippen LogP contribution in [0.25, 0.3) is 0 Å². The number of unbranched alkanes of at least 4 members (excludes halogenated alkanes) is 6. The first kappa shape index (κ1) is 51.4. The molecule has 18 atom stereocenters. The molecule has 6 nitrogen and oxygen atoms in total. The maximum absolute atomic E-state index is 11.6. The molecule has 0 radical (unpaired) electrons. The third-order valence-corrected chi connectivity index (χ3v) is 22.1. The van der Waals surface area contributed by atoms with Gasteiger partial charge in [0.15, 0.2) is 0 Å². The van der Waals surface area contributed by atoms with Crippen molar-refractivity contribution in [1.82, 2.24) is 0 Å². The zero-order valence-corrected chi connectivity index (χ0v) is 42.9. The Hall–Kier alpha value is -0.500. The molecular weight excluding hydrogens is 793 g/mol. The lowest BCUT2D eigenvalue weighted by Gasteiger charge is -2.62. The first-order valence-electron chi connectivity index (χ1n) is 28.1. The molecule has 0 aromatic carbocycles. The summed E-state index contributed by atoms with van der Waals surface area (Å²) in [6.07, 6.45) is 34.3. The van der Waals surface area contributed by atoms with E-state index in [2.05, 4.69) is 61.5 Å². The number of hydrogen-bond donors (Lipinski definition) is 5. The summed E-state index contributed by atoms with van der Waals surface area (Å²) in [7, 11) is 0. The molecule has 1 aliphatic heterocycles. The quantitative estimate of drug-likeness (QED) is 0.0986. The summed E-state index contributed by atoms with van der Waals surface area (Å²) < 4.78 is 4.94. The van der Waals surface area contributed by atoms with E-state index in [1.807, 2.05) is 0 Å². The minimum absolute atomic E-state index is 0.113. The normalized spacial score (nSPS) is 46.4. The monoisotopic (exact) mass is 895 g/mol. The lowest BCUT2D eigenvalue weighted by Crippen LogP contribution is -2.59. The lowest BCUT2D eigenvalue weighted by molar-refractivity contribution is -0.179. The van der Waals surface area contributed by atoms with E-state index >= 15 is 0 Å². The predicted molar refractivity (Wildman–Crippen MR) is 263 cm³/mol. The molecule has 1 heterocycles. The van der Waals surface area contributed by atoms with Gasteiger partial charge in [0, 0.05) is 13.2 Å². The van der Waals surface area contributed by atoms with Gasteiger partial charge in [-0.25, -0.2) is 0 Å². The predicted octanol–water partition coefficient (Wildman–Crippen LogP) is 13.1. The van der Waals surface area contributed by atoms with E-state index in [4.69, 9.17) is 4.74 Å². The van der Waals surface area contributed by atoms with Gasteiger partial charge in [-0.05, 0) is 217 Å². The molecule has 0 aromatic heterocycles. The number of hydrogen-bond acceptors (Lipinski definition) is 6.